The van der Waals surface area contributed by atoms with Gasteiger partial charge in [0, 0.05) is 5.56 Å². The lowest BCUT2D eigenvalue weighted by molar-refractivity contribution is -0.662. The predicted octanol–water partition coefficient (Wildman–Crippen LogP) is 3.29. The minimum absolute atomic E-state index is 1.11. The molecule has 2 aromatic carbocycles. The standard InChI is InChI=1S/C18H20N3/c1-13-10-14(2)18(15(3)11-13)21-12-17(20(4)19-21)16-8-6-5-7-9-16/h5-12H,1-4H3/q+1. The summed E-state index contributed by atoms with van der Waals surface area (Å²) >= 11 is 0. The Balaban J connectivity index is 2.14. The van der Waals surface area contributed by atoms with Crippen LogP contribution < -0.4 is 4.68 Å². The van der Waals surface area contributed by atoms with E-state index in [-0.39, 0.29) is 0 Å². The van der Waals surface area contributed by atoms with Gasteiger partial charge in [-0.1, -0.05) is 48.0 Å². The summed E-state index contributed by atoms with van der Waals surface area (Å²) in [6, 6.07) is 14.7. The first kappa shape index (κ1) is 13.6. The van der Waals surface area contributed by atoms with Crippen LogP contribution in [0.5, 0.6) is 0 Å². The van der Waals surface area contributed by atoms with E-state index in [1.165, 1.54) is 27.9 Å². The second-order valence-electron chi connectivity index (χ2n) is 5.59. The number of benzene rings is 2. The van der Waals surface area contributed by atoms with Crippen LogP contribution in [-0.4, -0.2) is 9.90 Å². The minimum Gasteiger partial charge on any atom is -0.132 e. The Bertz CT molecular complexity index is 762. The molecule has 21 heavy (non-hydrogen) atoms. The maximum Gasteiger partial charge on any atom is 0.197 e. The number of aromatic nitrogens is 3. The topological polar surface area (TPSA) is 21.7 Å². The first-order valence-electron chi connectivity index (χ1n) is 7.16. The zero-order valence-electron chi connectivity index (χ0n) is 13.0. The Labute approximate surface area is 125 Å². The largest absolute Gasteiger partial charge is 0.197 e. The molecule has 0 N–H and O–H groups in total. The van der Waals surface area contributed by atoms with E-state index in [1.807, 2.05) is 22.5 Å². The second kappa shape index (κ2) is 5.17. The van der Waals surface area contributed by atoms with Gasteiger partial charge in [-0.15, -0.1) is 9.36 Å². The first-order valence-corrected chi connectivity index (χ1v) is 7.16. The minimum atomic E-state index is 1.11. The lowest BCUT2D eigenvalue weighted by atomic mass is 10.1. The van der Waals surface area contributed by atoms with E-state index in [2.05, 4.69) is 68.6 Å². The van der Waals surface area contributed by atoms with Crippen molar-refractivity contribution in [3.63, 3.8) is 0 Å². The van der Waals surface area contributed by atoms with Gasteiger partial charge in [-0.3, -0.25) is 0 Å². The van der Waals surface area contributed by atoms with E-state index in [1.54, 1.807) is 0 Å². The van der Waals surface area contributed by atoms with E-state index >= 15 is 0 Å². The predicted molar refractivity (Wildman–Crippen MR) is 84.4 cm³/mol. The molecule has 0 unspecified atom stereocenters. The molecule has 3 heteroatoms. The number of rotatable bonds is 2. The highest BCUT2D eigenvalue weighted by Crippen LogP contribution is 2.19. The molecule has 3 aromatic rings. The fourth-order valence-electron chi connectivity index (χ4n) is 2.93. The summed E-state index contributed by atoms with van der Waals surface area (Å²) in [5.41, 5.74) is 7.22. The van der Waals surface area contributed by atoms with E-state index in [0.29, 0.717) is 0 Å². The third kappa shape index (κ3) is 2.47. The summed E-state index contributed by atoms with van der Waals surface area (Å²) in [7, 11) is 1.98. The van der Waals surface area contributed by atoms with Crippen molar-refractivity contribution in [1.29, 1.82) is 0 Å². The molecular weight excluding hydrogens is 258 g/mol. The molecule has 0 radical (unpaired) electrons. The fraction of sp³-hybridized carbons (Fsp3) is 0.222. The number of aryl methyl sites for hydroxylation is 4. The van der Waals surface area contributed by atoms with Gasteiger partial charge in [0.2, 0.25) is 0 Å². The maximum absolute atomic E-state index is 4.64. The van der Waals surface area contributed by atoms with E-state index in [0.717, 1.165) is 5.69 Å². The molecule has 1 aromatic heterocycles. The van der Waals surface area contributed by atoms with Crippen molar-refractivity contribution < 1.29 is 4.68 Å². The Morgan fingerprint density at radius 2 is 1.57 bits per heavy atom. The van der Waals surface area contributed by atoms with Crippen LogP contribution in [0.25, 0.3) is 16.9 Å². The molecule has 0 amide bonds. The molecule has 0 atom stereocenters. The quantitative estimate of drug-likeness (QED) is 0.659. The fourth-order valence-corrected chi connectivity index (χ4v) is 2.93. The van der Waals surface area contributed by atoms with Crippen molar-refractivity contribution in [3.05, 3.63) is 65.4 Å². The summed E-state index contributed by atoms with van der Waals surface area (Å²) in [5, 5.41) is 4.64. The Hall–Kier alpha value is -2.42. The van der Waals surface area contributed by atoms with Crippen molar-refractivity contribution >= 4 is 0 Å². The zero-order valence-corrected chi connectivity index (χ0v) is 13.0. The molecule has 0 saturated heterocycles. The smallest absolute Gasteiger partial charge is 0.132 e. The van der Waals surface area contributed by atoms with Crippen molar-refractivity contribution in [1.82, 2.24) is 9.90 Å². The van der Waals surface area contributed by atoms with Crippen LogP contribution in [0.1, 0.15) is 16.7 Å². The van der Waals surface area contributed by atoms with Gasteiger partial charge in [0.15, 0.2) is 17.6 Å². The summed E-state index contributed by atoms with van der Waals surface area (Å²) in [5.74, 6) is 0. The van der Waals surface area contributed by atoms with Crippen LogP contribution in [0, 0.1) is 20.8 Å². The number of hydrogen-bond acceptors (Lipinski definition) is 1. The molecule has 0 aliphatic heterocycles. The molecule has 0 aliphatic rings. The van der Waals surface area contributed by atoms with Gasteiger partial charge < -0.3 is 0 Å². The lowest BCUT2D eigenvalue weighted by Gasteiger charge is -2.05. The highest BCUT2D eigenvalue weighted by Gasteiger charge is 2.19. The summed E-state index contributed by atoms with van der Waals surface area (Å²) in [4.78, 5) is 0. The Morgan fingerprint density at radius 1 is 0.952 bits per heavy atom. The van der Waals surface area contributed by atoms with Crippen molar-refractivity contribution in [2.24, 2.45) is 7.05 Å². The molecule has 0 spiro atoms. The first-order chi connectivity index (χ1) is 10.1. The van der Waals surface area contributed by atoms with E-state index in [9.17, 15) is 0 Å². The number of hydrogen-bond donors (Lipinski definition) is 0. The third-order valence-corrected chi connectivity index (χ3v) is 3.76. The summed E-state index contributed by atoms with van der Waals surface area (Å²) in [6.07, 6.45) is 2.10. The highest BCUT2D eigenvalue weighted by atomic mass is 15.5. The van der Waals surface area contributed by atoms with Crippen LogP contribution in [0.3, 0.4) is 0 Å². The molecule has 0 saturated carbocycles. The van der Waals surface area contributed by atoms with Crippen LogP contribution in [-0.2, 0) is 7.05 Å². The van der Waals surface area contributed by atoms with Crippen LogP contribution >= 0.6 is 0 Å². The maximum atomic E-state index is 4.64. The molecule has 0 fully saturated rings. The molecule has 3 nitrogen and oxygen atoms in total. The number of nitrogens with zero attached hydrogens (tertiary/aromatic N) is 3. The summed E-state index contributed by atoms with van der Waals surface area (Å²) < 4.78 is 3.90. The van der Waals surface area contributed by atoms with Crippen molar-refractivity contribution in [2.75, 3.05) is 0 Å². The monoisotopic (exact) mass is 278 g/mol. The molecule has 0 aliphatic carbocycles. The van der Waals surface area contributed by atoms with E-state index < -0.39 is 0 Å². The van der Waals surface area contributed by atoms with Gasteiger partial charge in [0.25, 0.3) is 0 Å². The summed E-state index contributed by atoms with van der Waals surface area (Å²) in [6.45, 7) is 6.40. The van der Waals surface area contributed by atoms with Gasteiger partial charge in [-0.05, 0) is 31.9 Å². The molecule has 3 rings (SSSR count). The normalized spacial score (nSPS) is 10.9. The Morgan fingerprint density at radius 3 is 2.19 bits per heavy atom. The molecule has 1 heterocycles. The van der Waals surface area contributed by atoms with Crippen molar-refractivity contribution in [3.8, 4) is 16.9 Å². The highest BCUT2D eigenvalue weighted by molar-refractivity contribution is 5.57. The van der Waals surface area contributed by atoms with Crippen LogP contribution in [0.4, 0.5) is 0 Å². The average Bonchev–Trinajstić information content (AvgIpc) is 2.80. The van der Waals surface area contributed by atoms with Gasteiger partial charge in [-0.25, -0.2) is 0 Å². The lowest BCUT2D eigenvalue weighted by Crippen LogP contribution is -2.35. The molecule has 0 bridgehead atoms. The molecule has 106 valence electrons. The van der Waals surface area contributed by atoms with Gasteiger partial charge >= 0.3 is 0 Å². The second-order valence-corrected chi connectivity index (χ2v) is 5.59. The SMILES string of the molecule is Cc1cc(C)c(-[n+]2cc(-c3ccccc3)n(C)n2)c(C)c1. The van der Waals surface area contributed by atoms with E-state index in [4.69, 9.17) is 0 Å². The molecular formula is C18H20N3+. The van der Waals surface area contributed by atoms with Gasteiger partial charge in [-0.2, -0.15) is 0 Å². The average molecular weight is 278 g/mol. The Kier molecular flexibility index (Phi) is 3.34. The van der Waals surface area contributed by atoms with Crippen molar-refractivity contribution in [2.45, 2.75) is 20.8 Å². The van der Waals surface area contributed by atoms with Crippen LogP contribution in [0.2, 0.25) is 0 Å². The zero-order chi connectivity index (χ0) is 15.0. The van der Waals surface area contributed by atoms with Crippen LogP contribution in [0.15, 0.2) is 48.7 Å². The van der Waals surface area contributed by atoms with Gasteiger partial charge in [0.1, 0.15) is 7.05 Å². The van der Waals surface area contributed by atoms with Gasteiger partial charge in [0.05, 0.1) is 5.21 Å². The third-order valence-electron chi connectivity index (χ3n) is 3.76.